The highest BCUT2D eigenvalue weighted by Gasteiger charge is 2.16. The zero-order valence-corrected chi connectivity index (χ0v) is 22.8. The molecular formula is C28H38N4O3S. The van der Waals surface area contributed by atoms with Gasteiger partial charge in [-0.2, -0.15) is 0 Å². The molecule has 3 rings (SSSR count). The first-order valence-electron chi connectivity index (χ1n) is 12.6. The van der Waals surface area contributed by atoms with Gasteiger partial charge in [0.05, 0.1) is 25.3 Å². The van der Waals surface area contributed by atoms with Gasteiger partial charge >= 0.3 is 0 Å². The van der Waals surface area contributed by atoms with Crippen LogP contribution in [-0.4, -0.2) is 57.9 Å². The van der Waals surface area contributed by atoms with Crippen molar-refractivity contribution in [2.24, 2.45) is 0 Å². The molecule has 7 nitrogen and oxygen atoms in total. The van der Waals surface area contributed by atoms with Gasteiger partial charge in [-0.05, 0) is 105 Å². The molecule has 0 saturated heterocycles. The molecule has 0 bridgehead atoms. The molecule has 0 spiro atoms. The molecule has 3 aromatic rings. The first-order chi connectivity index (χ1) is 17.3. The van der Waals surface area contributed by atoms with Crippen LogP contribution in [0.2, 0.25) is 0 Å². The van der Waals surface area contributed by atoms with Crippen LogP contribution in [0.1, 0.15) is 43.0 Å². The molecule has 0 aliphatic rings. The summed E-state index contributed by atoms with van der Waals surface area (Å²) in [6.07, 6.45) is 0. The fourth-order valence-corrected chi connectivity index (χ4v) is 4.67. The fourth-order valence-electron chi connectivity index (χ4n) is 4.40. The largest absolute Gasteiger partial charge is 0.494 e. The van der Waals surface area contributed by atoms with Gasteiger partial charge in [-0.1, -0.05) is 13.8 Å². The Morgan fingerprint density at radius 1 is 1.08 bits per heavy atom. The molecule has 36 heavy (non-hydrogen) atoms. The number of H-pyrrole nitrogens is 1. The summed E-state index contributed by atoms with van der Waals surface area (Å²) in [5.74, 6) is 0.787. The van der Waals surface area contributed by atoms with Crippen LogP contribution in [0.4, 0.5) is 5.69 Å². The van der Waals surface area contributed by atoms with E-state index in [0.29, 0.717) is 23.8 Å². The lowest BCUT2D eigenvalue weighted by atomic mass is 9.97. The number of ether oxygens (including phenoxy) is 1. The number of hydrogen-bond acceptors (Lipinski definition) is 5. The summed E-state index contributed by atoms with van der Waals surface area (Å²) in [4.78, 5) is 20.4. The van der Waals surface area contributed by atoms with Crippen LogP contribution in [0.25, 0.3) is 10.9 Å². The number of rotatable bonds is 11. The third kappa shape index (κ3) is 6.63. The van der Waals surface area contributed by atoms with Gasteiger partial charge in [0.25, 0.3) is 5.56 Å². The molecule has 0 saturated carbocycles. The topological polar surface area (TPSA) is 80.8 Å². The second kappa shape index (κ2) is 12.9. The number of thiocarbonyl (C=S) groups is 1. The monoisotopic (exact) mass is 510 g/mol. The zero-order valence-electron chi connectivity index (χ0n) is 22.0. The Morgan fingerprint density at radius 3 is 2.39 bits per heavy atom. The predicted octanol–water partition coefficient (Wildman–Crippen LogP) is 4.58. The number of aromatic nitrogens is 1. The molecule has 0 unspecified atom stereocenters. The Labute approximate surface area is 219 Å². The molecule has 194 valence electrons. The van der Waals surface area contributed by atoms with Crippen molar-refractivity contribution in [2.45, 2.75) is 47.7 Å². The molecule has 3 N–H and O–H groups in total. The lowest BCUT2D eigenvalue weighted by Crippen LogP contribution is -2.37. The average molecular weight is 511 g/mol. The molecule has 0 amide bonds. The molecule has 0 aliphatic heterocycles. The smallest absolute Gasteiger partial charge is 0.253 e. The molecule has 1 aromatic heterocycles. The van der Waals surface area contributed by atoms with Gasteiger partial charge in [-0.25, -0.2) is 0 Å². The van der Waals surface area contributed by atoms with E-state index in [4.69, 9.17) is 17.0 Å². The number of aryl methyl sites for hydroxylation is 2. The third-order valence-electron chi connectivity index (χ3n) is 6.54. The van der Waals surface area contributed by atoms with E-state index in [2.05, 4.69) is 49.0 Å². The highest BCUT2D eigenvalue weighted by atomic mass is 32.1. The predicted molar refractivity (Wildman–Crippen MR) is 152 cm³/mol. The summed E-state index contributed by atoms with van der Waals surface area (Å²) in [5.41, 5.74) is 5.73. The van der Waals surface area contributed by atoms with Crippen LogP contribution in [0.15, 0.2) is 41.2 Å². The zero-order chi connectivity index (χ0) is 26.2. The number of aliphatic hydroxyl groups excluding tert-OH is 1. The Morgan fingerprint density at radius 2 is 1.78 bits per heavy atom. The molecule has 0 aliphatic carbocycles. The number of nitrogens with one attached hydrogen (secondary N) is 2. The van der Waals surface area contributed by atoms with Gasteiger partial charge in [-0.15, -0.1) is 0 Å². The fraction of sp³-hybridized carbons (Fsp3) is 0.429. The van der Waals surface area contributed by atoms with Gasteiger partial charge in [0.1, 0.15) is 5.75 Å². The number of pyridine rings is 1. The van der Waals surface area contributed by atoms with E-state index in [9.17, 15) is 9.90 Å². The number of hydrogen-bond donors (Lipinski definition) is 3. The third-order valence-corrected chi connectivity index (χ3v) is 6.90. The second-order valence-corrected chi connectivity index (χ2v) is 9.27. The molecule has 8 heteroatoms. The summed E-state index contributed by atoms with van der Waals surface area (Å²) in [7, 11) is 0. The van der Waals surface area contributed by atoms with Crippen LogP contribution < -0.4 is 15.6 Å². The quantitative estimate of drug-likeness (QED) is 0.326. The number of aromatic amines is 1. The maximum atomic E-state index is 13.1. The highest BCUT2D eigenvalue weighted by Crippen LogP contribution is 2.25. The number of aliphatic hydroxyl groups is 1. The molecule has 0 fully saturated rings. The first-order valence-corrected chi connectivity index (χ1v) is 13.0. The van der Waals surface area contributed by atoms with E-state index in [1.54, 1.807) is 4.90 Å². The van der Waals surface area contributed by atoms with Gasteiger partial charge in [0.2, 0.25) is 0 Å². The summed E-state index contributed by atoms with van der Waals surface area (Å²) < 4.78 is 5.49. The number of benzene rings is 2. The molecule has 1 heterocycles. The van der Waals surface area contributed by atoms with Crippen LogP contribution >= 0.6 is 12.2 Å². The molecule has 0 atom stereocenters. The van der Waals surface area contributed by atoms with Crippen molar-refractivity contribution in [3.63, 3.8) is 0 Å². The lowest BCUT2D eigenvalue weighted by molar-refractivity contribution is 0.248. The maximum Gasteiger partial charge on any atom is 0.253 e. The number of nitrogens with zero attached hydrogens (tertiary/aromatic N) is 2. The van der Waals surface area contributed by atoms with Crippen molar-refractivity contribution in [1.82, 2.24) is 14.8 Å². The normalized spacial score (nSPS) is 11.2. The van der Waals surface area contributed by atoms with Crippen LogP contribution in [0.3, 0.4) is 0 Å². The Balaban J connectivity index is 1.86. The first kappa shape index (κ1) is 27.6. The standard InChI is InChI=1S/C28H38N4O3S/c1-6-31(7-2)18-25-19(4)15-21-16-22(27(34)30-26(21)20(25)5)17-32(13-14-33)28(36)29-23-9-11-24(12-10-23)35-8-3/h9-12,15-16,33H,6-8,13-14,17-18H2,1-5H3,(H,29,36)(H,30,34). The summed E-state index contributed by atoms with van der Waals surface area (Å²) >= 11 is 5.62. The van der Waals surface area contributed by atoms with E-state index in [1.807, 2.05) is 37.3 Å². The summed E-state index contributed by atoms with van der Waals surface area (Å²) in [6, 6.07) is 11.6. The van der Waals surface area contributed by atoms with E-state index in [1.165, 1.54) is 11.1 Å². The Bertz CT molecular complexity index is 1240. The van der Waals surface area contributed by atoms with Crippen molar-refractivity contribution < 1.29 is 9.84 Å². The average Bonchev–Trinajstić information content (AvgIpc) is 2.86. The minimum atomic E-state index is -0.143. The SMILES string of the molecule is CCOc1ccc(NC(=S)N(CCO)Cc2cc3cc(C)c(CN(CC)CC)c(C)c3[nH]c2=O)cc1. The number of fused-ring (bicyclic) bond motifs is 1. The lowest BCUT2D eigenvalue weighted by Gasteiger charge is -2.25. The minimum Gasteiger partial charge on any atom is -0.494 e. The Hall–Kier alpha value is -2.94. The van der Waals surface area contributed by atoms with E-state index < -0.39 is 0 Å². The maximum absolute atomic E-state index is 13.1. The van der Waals surface area contributed by atoms with E-state index in [-0.39, 0.29) is 18.7 Å². The van der Waals surface area contributed by atoms with Crippen LogP contribution in [0.5, 0.6) is 5.75 Å². The molecular weight excluding hydrogens is 472 g/mol. The van der Waals surface area contributed by atoms with Crippen molar-refractivity contribution in [3.8, 4) is 5.75 Å². The van der Waals surface area contributed by atoms with Crippen molar-refractivity contribution in [1.29, 1.82) is 0 Å². The number of anilines is 1. The van der Waals surface area contributed by atoms with Gasteiger partial charge < -0.3 is 25.0 Å². The second-order valence-electron chi connectivity index (χ2n) is 8.88. The Kier molecular flexibility index (Phi) is 9.87. The summed E-state index contributed by atoms with van der Waals surface area (Å²) in [5, 5.41) is 14.3. The molecule has 0 radical (unpaired) electrons. The van der Waals surface area contributed by atoms with Crippen molar-refractivity contribution in [2.75, 3.05) is 38.2 Å². The van der Waals surface area contributed by atoms with Crippen LogP contribution in [0, 0.1) is 13.8 Å². The van der Waals surface area contributed by atoms with Gasteiger partial charge in [-0.3, -0.25) is 9.69 Å². The van der Waals surface area contributed by atoms with Crippen molar-refractivity contribution in [3.05, 3.63) is 69.0 Å². The van der Waals surface area contributed by atoms with E-state index >= 15 is 0 Å². The van der Waals surface area contributed by atoms with Crippen LogP contribution in [-0.2, 0) is 13.1 Å². The minimum absolute atomic E-state index is 0.0798. The van der Waals surface area contributed by atoms with Gasteiger partial charge in [0, 0.05) is 24.3 Å². The van der Waals surface area contributed by atoms with Crippen molar-refractivity contribution >= 4 is 33.9 Å². The summed E-state index contributed by atoms with van der Waals surface area (Å²) in [6.45, 7) is 14.4. The van der Waals surface area contributed by atoms with Gasteiger partial charge in [0.15, 0.2) is 5.11 Å². The van der Waals surface area contributed by atoms with E-state index in [0.717, 1.165) is 47.5 Å². The highest BCUT2D eigenvalue weighted by molar-refractivity contribution is 7.80. The molecule has 2 aromatic carbocycles.